The summed E-state index contributed by atoms with van der Waals surface area (Å²) in [5, 5.41) is 0.880. The minimum Gasteiger partial charge on any atom is -0.493 e. The van der Waals surface area contributed by atoms with E-state index in [4.69, 9.17) is 13.9 Å². The van der Waals surface area contributed by atoms with Crippen LogP contribution < -0.4 is 4.74 Å². The summed E-state index contributed by atoms with van der Waals surface area (Å²) >= 11 is 0. The molecule has 0 saturated carbocycles. The number of nitrogens with zero attached hydrogens (tertiary/aromatic N) is 1. The Kier molecular flexibility index (Phi) is 5.20. The van der Waals surface area contributed by atoms with Crippen molar-refractivity contribution in [3.05, 3.63) is 42.7 Å². The lowest BCUT2D eigenvalue weighted by Gasteiger charge is -2.31. The van der Waals surface area contributed by atoms with Crippen molar-refractivity contribution < 1.29 is 18.7 Å². The smallest absolute Gasteiger partial charge is 0.289 e. The van der Waals surface area contributed by atoms with Gasteiger partial charge in [0.05, 0.1) is 13.7 Å². The third-order valence-electron chi connectivity index (χ3n) is 4.43. The van der Waals surface area contributed by atoms with E-state index in [0.717, 1.165) is 37.9 Å². The molecule has 5 nitrogen and oxygen atoms in total. The monoisotopic (exact) mass is 329 g/mol. The third kappa shape index (κ3) is 3.46. The van der Waals surface area contributed by atoms with Gasteiger partial charge in [0.1, 0.15) is 0 Å². The highest BCUT2D eigenvalue weighted by Crippen LogP contribution is 2.29. The Labute approximate surface area is 141 Å². The quantitative estimate of drug-likeness (QED) is 0.601. The van der Waals surface area contributed by atoms with E-state index in [1.54, 1.807) is 19.3 Å². The van der Waals surface area contributed by atoms with Gasteiger partial charge < -0.3 is 18.8 Å². The predicted molar refractivity (Wildman–Crippen MR) is 92.4 cm³/mol. The minimum absolute atomic E-state index is 0.0567. The predicted octanol–water partition coefficient (Wildman–Crippen LogP) is 3.50. The molecule has 0 radical (unpaired) electrons. The number of hydrogen-bond acceptors (Lipinski definition) is 4. The van der Waals surface area contributed by atoms with E-state index in [1.807, 2.05) is 23.1 Å². The Bertz CT molecular complexity index is 713. The van der Waals surface area contributed by atoms with Crippen molar-refractivity contribution in [3.63, 3.8) is 0 Å². The first-order valence-electron chi connectivity index (χ1n) is 8.27. The summed E-state index contributed by atoms with van der Waals surface area (Å²) < 4.78 is 16.6. The first kappa shape index (κ1) is 16.6. The summed E-state index contributed by atoms with van der Waals surface area (Å²) in [4.78, 5) is 14.5. The molecule has 0 N–H and O–H groups in total. The number of carbonyl (C=O) groups excluding carboxylic acids is 1. The maximum atomic E-state index is 12.7. The lowest BCUT2D eigenvalue weighted by atomic mass is 9.97. The van der Waals surface area contributed by atoms with Gasteiger partial charge in [-0.2, -0.15) is 0 Å². The largest absolute Gasteiger partial charge is 0.493 e. The summed E-state index contributed by atoms with van der Waals surface area (Å²) in [6.07, 6.45) is 3.66. The number of para-hydroxylation sites is 1. The summed E-state index contributed by atoms with van der Waals surface area (Å²) in [6, 6.07) is 7.43. The van der Waals surface area contributed by atoms with Crippen LogP contribution in [0, 0.1) is 5.92 Å². The van der Waals surface area contributed by atoms with E-state index in [-0.39, 0.29) is 5.91 Å². The Morgan fingerprint density at radius 2 is 2.21 bits per heavy atom. The van der Waals surface area contributed by atoms with Crippen LogP contribution >= 0.6 is 0 Å². The molecule has 1 aromatic heterocycles. The maximum absolute atomic E-state index is 12.7. The van der Waals surface area contributed by atoms with Crippen molar-refractivity contribution >= 4 is 16.9 Å². The second kappa shape index (κ2) is 7.53. The number of ether oxygens (including phenoxy) is 2. The van der Waals surface area contributed by atoms with E-state index < -0.39 is 0 Å². The van der Waals surface area contributed by atoms with Crippen molar-refractivity contribution in [2.24, 2.45) is 5.92 Å². The molecule has 2 heterocycles. The summed E-state index contributed by atoms with van der Waals surface area (Å²) in [6.45, 7) is 6.42. The number of amides is 1. The molecule has 2 aromatic rings. The number of fused-ring (bicyclic) bond motifs is 1. The topological polar surface area (TPSA) is 51.9 Å². The molecule has 5 heteroatoms. The van der Waals surface area contributed by atoms with E-state index in [2.05, 4.69) is 6.58 Å². The Morgan fingerprint density at radius 1 is 1.42 bits per heavy atom. The fraction of sp³-hybridized carbons (Fsp3) is 0.421. The van der Waals surface area contributed by atoms with Gasteiger partial charge in [0, 0.05) is 25.1 Å². The van der Waals surface area contributed by atoms with Gasteiger partial charge in [-0.15, -0.1) is 6.58 Å². The van der Waals surface area contributed by atoms with Gasteiger partial charge >= 0.3 is 0 Å². The highest BCUT2D eigenvalue weighted by molar-refractivity contribution is 5.97. The molecule has 0 atom stereocenters. The molecule has 3 rings (SSSR count). The lowest BCUT2D eigenvalue weighted by molar-refractivity contribution is 0.0552. The third-order valence-corrected chi connectivity index (χ3v) is 4.43. The molecule has 1 aromatic carbocycles. The summed E-state index contributed by atoms with van der Waals surface area (Å²) in [7, 11) is 1.60. The molecular weight excluding hydrogens is 306 g/mol. The number of rotatable bonds is 6. The minimum atomic E-state index is -0.0567. The number of methoxy groups -OCH3 is 1. The van der Waals surface area contributed by atoms with Crippen LogP contribution in [-0.2, 0) is 4.74 Å². The van der Waals surface area contributed by atoms with Crippen LogP contribution in [0.5, 0.6) is 5.75 Å². The van der Waals surface area contributed by atoms with E-state index in [9.17, 15) is 4.79 Å². The molecule has 0 aliphatic carbocycles. The Hall–Kier alpha value is -2.27. The van der Waals surface area contributed by atoms with Crippen molar-refractivity contribution in [2.45, 2.75) is 12.8 Å². The van der Waals surface area contributed by atoms with Gasteiger partial charge in [-0.25, -0.2) is 0 Å². The van der Waals surface area contributed by atoms with Crippen molar-refractivity contribution in [1.82, 2.24) is 4.90 Å². The number of hydrogen-bond donors (Lipinski definition) is 0. The molecule has 1 fully saturated rings. The fourth-order valence-electron chi connectivity index (χ4n) is 3.08. The SMILES string of the molecule is C=CCOCC1CCN(C(=O)c2cc3cccc(OC)c3o2)CC1. The molecule has 128 valence electrons. The maximum Gasteiger partial charge on any atom is 0.289 e. The summed E-state index contributed by atoms with van der Waals surface area (Å²) in [5.74, 6) is 1.46. The van der Waals surface area contributed by atoms with Crippen LogP contribution in [0.4, 0.5) is 0 Å². The number of likely N-dealkylation sites (tertiary alicyclic amines) is 1. The van der Waals surface area contributed by atoms with Gasteiger partial charge in [-0.1, -0.05) is 18.2 Å². The number of carbonyl (C=O) groups is 1. The standard InChI is InChI=1S/C19H23NO4/c1-3-11-23-13-14-7-9-20(10-8-14)19(21)17-12-15-5-4-6-16(22-2)18(15)24-17/h3-6,12,14H,1,7-11,13H2,2H3. The van der Waals surface area contributed by atoms with Crippen LogP contribution in [0.3, 0.4) is 0 Å². The van der Waals surface area contributed by atoms with Gasteiger partial charge in [0.15, 0.2) is 17.1 Å². The van der Waals surface area contributed by atoms with Gasteiger partial charge in [-0.05, 0) is 30.9 Å². The van der Waals surface area contributed by atoms with Gasteiger partial charge in [-0.3, -0.25) is 4.79 Å². The van der Waals surface area contributed by atoms with Crippen molar-refractivity contribution in [3.8, 4) is 5.75 Å². The second-order valence-electron chi connectivity index (χ2n) is 6.05. The Balaban J connectivity index is 1.64. The fourth-order valence-corrected chi connectivity index (χ4v) is 3.08. The molecule has 1 amide bonds. The molecule has 0 bridgehead atoms. The molecular formula is C19H23NO4. The average molecular weight is 329 g/mol. The van der Waals surface area contributed by atoms with Crippen LogP contribution in [-0.4, -0.2) is 44.2 Å². The highest BCUT2D eigenvalue weighted by Gasteiger charge is 2.26. The van der Waals surface area contributed by atoms with Crippen LogP contribution in [0.25, 0.3) is 11.0 Å². The zero-order chi connectivity index (χ0) is 16.9. The van der Waals surface area contributed by atoms with Crippen LogP contribution in [0.2, 0.25) is 0 Å². The molecule has 0 unspecified atom stereocenters. The highest BCUT2D eigenvalue weighted by atomic mass is 16.5. The lowest BCUT2D eigenvalue weighted by Crippen LogP contribution is -2.39. The number of piperidine rings is 1. The summed E-state index contributed by atoms with van der Waals surface area (Å²) in [5.41, 5.74) is 0.621. The molecule has 1 aliphatic heterocycles. The van der Waals surface area contributed by atoms with Crippen molar-refractivity contribution in [2.75, 3.05) is 33.4 Å². The van der Waals surface area contributed by atoms with Gasteiger partial charge in [0.2, 0.25) is 0 Å². The van der Waals surface area contributed by atoms with Gasteiger partial charge in [0.25, 0.3) is 5.91 Å². The molecule has 1 aliphatic rings. The first-order chi connectivity index (χ1) is 11.7. The number of benzene rings is 1. The zero-order valence-electron chi connectivity index (χ0n) is 14.0. The van der Waals surface area contributed by atoms with E-state index in [0.29, 0.717) is 29.6 Å². The van der Waals surface area contributed by atoms with Crippen LogP contribution in [0.1, 0.15) is 23.4 Å². The molecule has 0 spiro atoms. The second-order valence-corrected chi connectivity index (χ2v) is 6.05. The Morgan fingerprint density at radius 3 is 2.92 bits per heavy atom. The molecule has 1 saturated heterocycles. The van der Waals surface area contributed by atoms with E-state index in [1.165, 1.54) is 0 Å². The number of furan rings is 1. The zero-order valence-corrected chi connectivity index (χ0v) is 14.0. The van der Waals surface area contributed by atoms with Crippen LogP contribution in [0.15, 0.2) is 41.3 Å². The first-order valence-corrected chi connectivity index (χ1v) is 8.27. The van der Waals surface area contributed by atoms with E-state index >= 15 is 0 Å². The average Bonchev–Trinajstić information content (AvgIpc) is 3.06. The molecule has 24 heavy (non-hydrogen) atoms. The normalized spacial score (nSPS) is 15.6. The van der Waals surface area contributed by atoms with Crippen molar-refractivity contribution in [1.29, 1.82) is 0 Å².